The molecule has 0 spiro atoms. The molecule has 0 aromatic heterocycles. The summed E-state index contributed by atoms with van der Waals surface area (Å²) >= 11 is 0. The Kier molecular flexibility index (Phi) is 7.22. The third kappa shape index (κ3) is 6.52. The summed E-state index contributed by atoms with van der Waals surface area (Å²) in [5, 5.41) is 12.6. The Balaban J connectivity index is 1.69. The van der Waals surface area contributed by atoms with Crippen LogP contribution in [0.15, 0.2) is 42.5 Å². The van der Waals surface area contributed by atoms with Crippen LogP contribution in [0.1, 0.15) is 34.1 Å². The minimum Gasteiger partial charge on any atom is -0.491 e. The molecule has 2 aromatic carbocycles. The van der Waals surface area contributed by atoms with E-state index in [4.69, 9.17) is 14.2 Å². The lowest BCUT2D eigenvalue weighted by molar-refractivity contribution is -0.164. The lowest BCUT2D eigenvalue weighted by Gasteiger charge is -2.26. The zero-order chi connectivity index (χ0) is 19.9. The first-order chi connectivity index (χ1) is 12.7. The Labute approximate surface area is 161 Å². The summed E-state index contributed by atoms with van der Waals surface area (Å²) in [6.07, 6.45) is 0.677. The van der Waals surface area contributed by atoms with Gasteiger partial charge in [0.15, 0.2) is 0 Å². The Hall–Kier alpha value is -2.11. The molecule has 0 aliphatic heterocycles. The molecule has 0 aliphatic carbocycles. The van der Waals surface area contributed by atoms with Crippen LogP contribution in [0.25, 0.3) is 10.8 Å². The minimum absolute atomic E-state index is 0.0634. The molecule has 0 saturated heterocycles. The predicted molar refractivity (Wildman–Crippen MR) is 106 cm³/mol. The van der Waals surface area contributed by atoms with Crippen molar-refractivity contribution in [3.63, 3.8) is 0 Å². The Bertz CT molecular complexity index is 751. The molecule has 0 saturated carbocycles. The van der Waals surface area contributed by atoms with E-state index in [0.717, 1.165) is 16.5 Å². The summed E-state index contributed by atoms with van der Waals surface area (Å²) in [6.45, 7) is 7.83. The number of esters is 1. The van der Waals surface area contributed by atoms with Crippen LogP contribution in [0.2, 0.25) is 0 Å². The van der Waals surface area contributed by atoms with E-state index in [-0.39, 0.29) is 19.2 Å². The number of rotatable bonds is 10. The largest absolute Gasteiger partial charge is 0.491 e. The molecule has 0 heterocycles. The van der Waals surface area contributed by atoms with Crippen LogP contribution in [0.4, 0.5) is 0 Å². The van der Waals surface area contributed by atoms with Crippen LogP contribution < -0.4 is 4.74 Å². The highest BCUT2D eigenvalue weighted by Crippen LogP contribution is 2.22. The number of benzene rings is 2. The number of carbonyl (C=O) groups excluding carboxylic acids is 1. The van der Waals surface area contributed by atoms with Crippen molar-refractivity contribution in [1.82, 2.24) is 0 Å². The molecule has 2 aromatic rings. The van der Waals surface area contributed by atoms with Crippen molar-refractivity contribution >= 4 is 16.7 Å². The molecule has 5 nitrogen and oxygen atoms in total. The van der Waals surface area contributed by atoms with Gasteiger partial charge < -0.3 is 19.3 Å². The highest BCUT2D eigenvalue weighted by Gasteiger charge is 2.30. The normalized spacial score (nSPS) is 14.0. The molecule has 0 bridgehead atoms. The molecule has 0 radical (unpaired) electrons. The first-order valence-electron chi connectivity index (χ1n) is 9.32. The van der Waals surface area contributed by atoms with Crippen LogP contribution in [0.5, 0.6) is 5.75 Å². The van der Waals surface area contributed by atoms with Gasteiger partial charge in [0.2, 0.25) is 0 Å². The second kappa shape index (κ2) is 9.20. The lowest BCUT2D eigenvalue weighted by atomic mass is 9.90. The van der Waals surface area contributed by atoms with Gasteiger partial charge in [0.1, 0.15) is 24.6 Å². The number of carbonyl (C=O) groups is 1. The van der Waals surface area contributed by atoms with E-state index in [2.05, 4.69) is 6.07 Å². The molecular formula is C22H30O5. The van der Waals surface area contributed by atoms with Crippen molar-refractivity contribution in [2.45, 2.75) is 39.7 Å². The van der Waals surface area contributed by atoms with Crippen LogP contribution >= 0.6 is 0 Å². The van der Waals surface area contributed by atoms with Gasteiger partial charge in [-0.1, -0.05) is 37.3 Å². The predicted octanol–water partition coefficient (Wildman–Crippen LogP) is 3.97. The second-order valence-electron chi connectivity index (χ2n) is 7.72. The number of hydrogen-bond donors (Lipinski definition) is 1. The van der Waals surface area contributed by atoms with Gasteiger partial charge in [0, 0.05) is 0 Å². The van der Waals surface area contributed by atoms with Gasteiger partial charge in [-0.05, 0) is 50.1 Å². The van der Waals surface area contributed by atoms with E-state index in [1.165, 1.54) is 0 Å². The van der Waals surface area contributed by atoms with Crippen molar-refractivity contribution in [3.05, 3.63) is 42.5 Å². The van der Waals surface area contributed by atoms with E-state index in [0.29, 0.717) is 19.6 Å². The van der Waals surface area contributed by atoms with Crippen molar-refractivity contribution in [1.29, 1.82) is 0 Å². The van der Waals surface area contributed by atoms with Gasteiger partial charge in [-0.2, -0.15) is 0 Å². The van der Waals surface area contributed by atoms with E-state index in [9.17, 15) is 9.90 Å². The fourth-order valence-corrected chi connectivity index (χ4v) is 2.37. The SMILES string of the molecule is CCC(C)(C)C(=O)OCC(C)(O)COCCOc1ccc2ccccc2c1. The van der Waals surface area contributed by atoms with Crippen LogP contribution in [-0.2, 0) is 14.3 Å². The van der Waals surface area contributed by atoms with Gasteiger partial charge in [-0.3, -0.25) is 4.79 Å². The molecule has 27 heavy (non-hydrogen) atoms. The summed E-state index contributed by atoms with van der Waals surface area (Å²) in [5.41, 5.74) is -1.78. The smallest absolute Gasteiger partial charge is 0.311 e. The topological polar surface area (TPSA) is 65.0 Å². The molecule has 0 fully saturated rings. The zero-order valence-electron chi connectivity index (χ0n) is 16.7. The molecule has 5 heteroatoms. The molecule has 1 atom stereocenters. The first kappa shape index (κ1) is 21.2. The summed E-state index contributed by atoms with van der Waals surface area (Å²) in [7, 11) is 0. The van der Waals surface area contributed by atoms with Crippen LogP contribution in [0.3, 0.4) is 0 Å². The molecule has 148 valence electrons. The quantitative estimate of drug-likeness (QED) is 0.504. The summed E-state index contributed by atoms with van der Waals surface area (Å²) in [4.78, 5) is 12.0. The minimum atomic E-state index is -1.23. The molecule has 0 amide bonds. The van der Waals surface area contributed by atoms with Crippen molar-refractivity contribution in [3.8, 4) is 5.75 Å². The van der Waals surface area contributed by atoms with E-state index in [1.807, 2.05) is 57.2 Å². The highest BCUT2D eigenvalue weighted by molar-refractivity contribution is 5.83. The van der Waals surface area contributed by atoms with E-state index in [1.54, 1.807) is 6.92 Å². The maximum atomic E-state index is 12.0. The molecule has 1 N–H and O–H groups in total. The zero-order valence-corrected chi connectivity index (χ0v) is 16.7. The standard InChI is InChI=1S/C22H30O5/c1-5-21(2,3)20(23)27-16-22(4,24)15-25-12-13-26-19-11-10-17-8-6-7-9-18(17)14-19/h6-11,14,24H,5,12-13,15-16H2,1-4H3. The number of hydrogen-bond acceptors (Lipinski definition) is 5. The van der Waals surface area contributed by atoms with E-state index >= 15 is 0 Å². The fourth-order valence-electron chi connectivity index (χ4n) is 2.37. The third-order valence-corrected chi connectivity index (χ3v) is 4.58. The van der Waals surface area contributed by atoms with Crippen molar-refractivity contribution < 1.29 is 24.1 Å². The Morgan fingerprint density at radius 3 is 2.41 bits per heavy atom. The maximum absolute atomic E-state index is 12.0. The van der Waals surface area contributed by atoms with Gasteiger partial charge >= 0.3 is 5.97 Å². The van der Waals surface area contributed by atoms with Gasteiger partial charge in [0.25, 0.3) is 0 Å². The Morgan fingerprint density at radius 2 is 1.70 bits per heavy atom. The van der Waals surface area contributed by atoms with Crippen LogP contribution in [0, 0.1) is 5.41 Å². The Morgan fingerprint density at radius 1 is 1.00 bits per heavy atom. The number of aliphatic hydroxyl groups is 1. The lowest BCUT2D eigenvalue weighted by Crippen LogP contribution is -2.39. The molecule has 1 unspecified atom stereocenters. The first-order valence-corrected chi connectivity index (χ1v) is 9.32. The number of ether oxygens (including phenoxy) is 3. The maximum Gasteiger partial charge on any atom is 0.311 e. The summed E-state index contributed by atoms with van der Waals surface area (Å²) in [5.74, 6) is 0.463. The molecular weight excluding hydrogens is 344 g/mol. The van der Waals surface area contributed by atoms with Crippen molar-refractivity contribution in [2.24, 2.45) is 5.41 Å². The summed E-state index contributed by atoms with van der Waals surface area (Å²) < 4.78 is 16.4. The van der Waals surface area contributed by atoms with Gasteiger partial charge in [0.05, 0.1) is 18.6 Å². The van der Waals surface area contributed by atoms with Crippen LogP contribution in [-0.4, -0.2) is 43.1 Å². The molecule has 2 rings (SSSR count). The van der Waals surface area contributed by atoms with Gasteiger partial charge in [-0.25, -0.2) is 0 Å². The number of fused-ring (bicyclic) bond motifs is 1. The average molecular weight is 374 g/mol. The fraction of sp³-hybridized carbons (Fsp3) is 0.500. The monoisotopic (exact) mass is 374 g/mol. The van der Waals surface area contributed by atoms with E-state index < -0.39 is 11.0 Å². The highest BCUT2D eigenvalue weighted by atomic mass is 16.6. The van der Waals surface area contributed by atoms with Gasteiger partial charge in [-0.15, -0.1) is 0 Å². The average Bonchev–Trinajstić information content (AvgIpc) is 2.65. The summed E-state index contributed by atoms with van der Waals surface area (Å²) in [6, 6.07) is 14.0. The molecule has 0 aliphatic rings. The third-order valence-electron chi connectivity index (χ3n) is 4.58. The van der Waals surface area contributed by atoms with Crippen molar-refractivity contribution in [2.75, 3.05) is 26.4 Å². The second-order valence-corrected chi connectivity index (χ2v) is 7.72.